The fraction of sp³-hybridized carbons (Fsp3) is 0.556. The van der Waals surface area contributed by atoms with Crippen LogP contribution in [0.2, 0.25) is 0 Å². The summed E-state index contributed by atoms with van der Waals surface area (Å²) in [5.74, 6) is 0.472. The van der Waals surface area contributed by atoms with Crippen molar-refractivity contribution < 1.29 is 37.8 Å². The lowest BCUT2D eigenvalue weighted by Crippen LogP contribution is -2.66. The van der Waals surface area contributed by atoms with Crippen molar-refractivity contribution in [1.82, 2.24) is 15.5 Å². The average Bonchev–Trinajstić information content (AvgIpc) is 3.64. The van der Waals surface area contributed by atoms with Gasteiger partial charge in [0.1, 0.15) is 22.5 Å². The Kier molecular flexibility index (Phi) is 10.2. The van der Waals surface area contributed by atoms with Gasteiger partial charge in [0.15, 0.2) is 5.79 Å². The first-order chi connectivity index (χ1) is 22.9. The second-order valence-electron chi connectivity index (χ2n) is 15.0. The second kappa shape index (κ2) is 13.9. The zero-order chi connectivity index (χ0) is 35.6. The van der Waals surface area contributed by atoms with Gasteiger partial charge in [-0.05, 0) is 98.1 Å². The number of nitrogens with zero attached hydrogens (tertiary/aromatic N) is 3. The Labute approximate surface area is 287 Å². The molecular formula is C36H49N5O8. The van der Waals surface area contributed by atoms with Crippen LogP contribution < -0.4 is 20.3 Å². The Morgan fingerprint density at radius 3 is 2.35 bits per heavy atom. The Hall–Kier alpha value is -4.36. The van der Waals surface area contributed by atoms with Gasteiger partial charge in [0, 0.05) is 29.9 Å². The fourth-order valence-electron chi connectivity index (χ4n) is 5.63. The van der Waals surface area contributed by atoms with Gasteiger partial charge in [0.05, 0.1) is 25.5 Å². The molecule has 2 aromatic carbocycles. The third kappa shape index (κ3) is 9.21. The number of ether oxygens (including phenoxy) is 5. The van der Waals surface area contributed by atoms with Crippen molar-refractivity contribution in [2.24, 2.45) is 0 Å². The average molecular weight is 680 g/mol. The van der Waals surface area contributed by atoms with Gasteiger partial charge in [-0.25, -0.2) is 9.59 Å². The molecule has 13 heteroatoms. The van der Waals surface area contributed by atoms with E-state index in [2.05, 4.69) is 20.7 Å². The van der Waals surface area contributed by atoms with Crippen molar-refractivity contribution in [2.75, 3.05) is 43.1 Å². The molecule has 0 radical (unpaired) electrons. The summed E-state index contributed by atoms with van der Waals surface area (Å²) in [6, 6.07) is 11.3. The topological polar surface area (TPSA) is 147 Å². The largest absolute Gasteiger partial charge is 0.491 e. The highest BCUT2D eigenvalue weighted by Crippen LogP contribution is 2.38. The first kappa shape index (κ1) is 35.9. The number of benzene rings is 2. The number of hydrogen-bond donors (Lipinski definition) is 2. The van der Waals surface area contributed by atoms with Crippen LogP contribution in [0.1, 0.15) is 74.3 Å². The molecule has 49 heavy (non-hydrogen) atoms. The standard InChI is InChI=1S/C36H49N5O8/c1-10-18-44-28-15-14-23(19-26(28)37-31(42)47-33(2,3)4)30-38-29(40-49-30)25-12-11-13-27-24(25)16-17-41(27)20-36(21-45-35(8,9)46-22-36)39-32(43)48-34(5,6)7/h11-15,19H,10,16-18,20-22H2,1-9H3,(H,37,42)(H,39,43). The Bertz CT molecular complexity index is 1650. The molecule has 1 saturated heterocycles. The summed E-state index contributed by atoms with van der Waals surface area (Å²) in [5, 5.41) is 10.2. The molecule has 1 fully saturated rings. The number of rotatable bonds is 9. The SMILES string of the molecule is CCCOc1ccc(-c2nc(-c3cccc4c3CCN4CC3(NC(=O)OC(C)(C)C)COC(C)(C)OC3)no2)cc1NC(=O)OC(C)(C)C. The molecule has 0 unspecified atom stereocenters. The third-order valence-electron chi connectivity index (χ3n) is 7.77. The Balaban J connectivity index is 1.38. The van der Waals surface area contributed by atoms with Gasteiger partial charge in [-0.1, -0.05) is 24.2 Å². The van der Waals surface area contributed by atoms with Crippen LogP contribution in [0.25, 0.3) is 22.8 Å². The zero-order valence-electron chi connectivity index (χ0n) is 30.0. The molecule has 0 atom stereocenters. The summed E-state index contributed by atoms with van der Waals surface area (Å²) in [6.45, 7) is 18.7. The van der Waals surface area contributed by atoms with Gasteiger partial charge in [0.25, 0.3) is 5.89 Å². The number of nitrogens with one attached hydrogen (secondary N) is 2. The van der Waals surface area contributed by atoms with Gasteiger partial charge in [-0.3, -0.25) is 5.32 Å². The molecule has 3 aromatic rings. The second-order valence-corrected chi connectivity index (χ2v) is 15.0. The van der Waals surface area contributed by atoms with E-state index in [4.69, 9.17) is 33.2 Å². The molecule has 3 heterocycles. The first-order valence-electron chi connectivity index (χ1n) is 16.7. The van der Waals surface area contributed by atoms with Crippen molar-refractivity contribution in [1.29, 1.82) is 0 Å². The molecule has 266 valence electrons. The number of aromatic nitrogens is 2. The number of anilines is 2. The van der Waals surface area contributed by atoms with Crippen LogP contribution in [-0.2, 0) is 25.4 Å². The van der Waals surface area contributed by atoms with E-state index in [1.165, 1.54) is 0 Å². The van der Waals surface area contributed by atoms with Crippen molar-refractivity contribution in [3.8, 4) is 28.6 Å². The molecule has 0 saturated carbocycles. The Morgan fingerprint density at radius 1 is 0.980 bits per heavy atom. The highest BCUT2D eigenvalue weighted by molar-refractivity contribution is 5.88. The molecule has 0 aliphatic carbocycles. The summed E-state index contributed by atoms with van der Waals surface area (Å²) in [4.78, 5) is 32.5. The highest BCUT2D eigenvalue weighted by atomic mass is 16.7. The maximum Gasteiger partial charge on any atom is 0.412 e. The molecule has 5 rings (SSSR count). The van der Waals surface area contributed by atoms with E-state index >= 15 is 0 Å². The molecule has 2 aliphatic heterocycles. The molecule has 0 bridgehead atoms. The van der Waals surface area contributed by atoms with E-state index in [-0.39, 0.29) is 19.1 Å². The van der Waals surface area contributed by atoms with Crippen LogP contribution >= 0.6 is 0 Å². The van der Waals surface area contributed by atoms with Gasteiger partial charge < -0.3 is 38.4 Å². The zero-order valence-corrected chi connectivity index (χ0v) is 30.0. The molecule has 0 spiro atoms. The third-order valence-corrected chi connectivity index (χ3v) is 7.77. The van der Waals surface area contributed by atoms with Crippen LogP contribution in [0.15, 0.2) is 40.9 Å². The molecular weight excluding hydrogens is 630 g/mol. The van der Waals surface area contributed by atoms with E-state index in [0.29, 0.717) is 42.5 Å². The van der Waals surface area contributed by atoms with Gasteiger partial charge in [-0.2, -0.15) is 4.98 Å². The molecule has 2 N–H and O–H groups in total. The number of amides is 2. The van der Waals surface area contributed by atoms with E-state index in [0.717, 1.165) is 29.7 Å². The van der Waals surface area contributed by atoms with Crippen molar-refractivity contribution in [3.05, 3.63) is 42.0 Å². The molecule has 13 nitrogen and oxygen atoms in total. The minimum absolute atomic E-state index is 0.256. The number of alkyl carbamates (subject to hydrolysis) is 1. The van der Waals surface area contributed by atoms with E-state index in [1.807, 2.05) is 65.8 Å². The molecule has 2 aliphatic rings. The van der Waals surface area contributed by atoms with Crippen molar-refractivity contribution >= 4 is 23.6 Å². The maximum atomic E-state index is 12.9. The fourth-order valence-corrected chi connectivity index (χ4v) is 5.63. The molecule has 2 amide bonds. The predicted octanol–water partition coefficient (Wildman–Crippen LogP) is 6.95. The van der Waals surface area contributed by atoms with Gasteiger partial charge in [-0.15, -0.1) is 0 Å². The monoisotopic (exact) mass is 679 g/mol. The van der Waals surface area contributed by atoms with Crippen LogP contribution in [0.4, 0.5) is 21.0 Å². The Morgan fingerprint density at radius 2 is 1.67 bits per heavy atom. The van der Waals surface area contributed by atoms with E-state index in [1.54, 1.807) is 32.9 Å². The summed E-state index contributed by atoms with van der Waals surface area (Å²) in [7, 11) is 0. The van der Waals surface area contributed by atoms with Crippen LogP contribution in [0, 0.1) is 0 Å². The number of fused-ring (bicyclic) bond motifs is 1. The lowest BCUT2D eigenvalue weighted by Gasteiger charge is -2.45. The van der Waals surface area contributed by atoms with Crippen LogP contribution in [0.5, 0.6) is 5.75 Å². The van der Waals surface area contributed by atoms with Crippen LogP contribution in [0.3, 0.4) is 0 Å². The minimum atomic E-state index is -0.840. The first-order valence-corrected chi connectivity index (χ1v) is 16.7. The number of hydrogen-bond acceptors (Lipinski definition) is 11. The van der Waals surface area contributed by atoms with E-state index < -0.39 is 34.7 Å². The maximum absolute atomic E-state index is 12.9. The predicted molar refractivity (Wildman–Crippen MR) is 185 cm³/mol. The molecule has 1 aromatic heterocycles. The van der Waals surface area contributed by atoms with Gasteiger partial charge >= 0.3 is 12.2 Å². The van der Waals surface area contributed by atoms with Gasteiger partial charge in [0.2, 0.25) is 5.82 Å². The summed E-state index contributed by atoms with van der Waals surface area (Å²) in [6.07, 6.45) is 0.417. The minimum Gasteiger partial charge on any atom is -0.491 e. The highest BCUT2D eigenvalue weighted by Gasteiger charge is 2.44. The number of carbonyl (C=O) groups is 2. The summed E-state index contributed by atoms with van der Waals surface area (Å²) >= 11 is 0. The lowest BCUT2D eigenvalue weighted by molar-refractivity contribution is -0.269. The normalized spacial score (nSPS) is 16.9. The quantitative estimate of drug-likeness (QED) is 0.242. The lowest BCUT2D eigenvalue weighted by atomic mass is 9.99. The number of carbonyl (C=O) groups excluding carboxylic acids is 2. The van der Waals surface area contributed by atoms with Crippen LogP contribution in [-0.4, -0.2) is 77.8 Å². The summed E-state index contributed by atoms with van der Waals surface area (Å²) in [5.41, 5.74) is 1.80. The van der Waals surface area contributed by atoms with Crippen molar-refractivity contribution in [2.45, 2.75) is 97.7 Å². The van der Waals surface area contributed by atoms with Crippen molar-refractivity contribution in [3.63, 3.8) is 0 Å². The summed E-state index contributed by atoms with van der Waals surface area (Å²) < 4.78 is 34.7. The smallest absolute Gasteiger partial charge is 0.412 e. The van der Waals surface area contributed by atoms with E-state index in [9.17, 15) is 9.59 Å².